The first-order chi connectivity index (χ1) is 4.96. The van der Waals surface area contributed by atoms with E-state index in [2.05, 4.69) is 0 Å². The van der Waals surface area contributed by atoms with Crippen LogP contribution in [0, 0.1) is 0 Å². The summed E-state index contributed by atoms with van der Waals surface area (Å²) < 4.78 is 22.4. The maximum Gasteiger partial charge on any atom is 0.154 e. The summed E-state index contributed by atoms with van der Waals surface area (Å²) in [5.74, 6) is 0.163. The Morgan fingerprint density at radius 1 is 1.64 bits per heavy atom. The minimum Gasteiger partial charge on any atom is -0.329 e. The van der Waals surface area contributed by atoms with E-state index in [1.54, 1.807) is 6.92 Å². The van der Waals surface area contributed by atoms with Gasteiger partial charge in [0, 0.05) is 17.8 Å². The zero-order valence-corrected chi connectivity index (χ0v) is 7.39. The van der Waals surface area contributed by atoms with Crippen molar-refractivity contribution in [3.05, 3.63) is 0 Å². The summed E-state index contributed by atoms with van der Waals surface area (Å²) in [5, 5.41) is -0.384. The number of hydrogen-bond donors (Lipinski definition) is 2. The van der Waals surface area contributed by atoms with E-state index in [1.807, 2.05) is 0 Å². The Balaban J connectivity index is 2.71. The Morgan fingerprint density at radius 3 is 2.45 bits per heavy atom. The van der Waals surface area contributed by atoms with Gasteiger partial charge in [0.25, 0.3) is 0 Å². The van der Waals surface area contributed by atoms with Crippen molar-refractivity contribution in [2.75, 3.05) is 12.3 Å². The highest BCUT2D eigenvalue weighted by molar-refractivity contribution is 7.92. The predicted molar refractivity (Wildman–Crippen MR) is 43.8 cm³/mol. The summed E-state index contributed by atoms with van der Waals surface area (Å²) in [6.07, 6.45) is 0.527. The van der Waals surface area contributed by atoms with Crippen LogP contribution in [-0.4, -0.2) is 31.5 Å². The largest absolute Gasteiger partial charge is 0.329 e. The second kappa shape index (κ2) is 2.43. The normalized spacial score (nSPS) is 37.2. The van der Waals surface area contributed by atoms with E-state index in [0.29, 0.717) is 6.42 Å². The average molecular weight is 178 g/mol. The Kier molecular flexibility index (Phi) is 1.98. The van der Waals surface area contributed by atoms with Crippen LogP contribution >= 0.6 is 0 Å². The lowest BCUT2D eigenvalue weighted by atomic mass is 10.3. The maximum atomic E-state index is 11.2. The van der Waals surface area contributed by atoms with Gasteiger partial charge in [-0.3, -0.25) is 0 Å². The SMILES string of the molecule is CCS(=O)(=O)[C@@H]1C[C@@]1(N)CN. The van der Waals surface area contributed by atoms with Crippen LogP contribution in [0.3, 0.4) is 0 Å². The molecule has 1 aliphatic rings. The standard InChI is InChI=1S/C6H14N2O2S/c1-2-11(9,10)5-3-6(5,8)4-7/h5H,2-4,7-8H2,1H3/t5-,6-/m1/s1. The van der Waals surface area contributed by atoms with Gasteiger partial charge in [0.15, 0.2) is 9.84 Å². The third kappa shape index (κ3) is 1.40. The van der Waals surface area contributed by atoms with E-state index in [0.717, 1.165) is 0 Å². The molecule has 1 saturated carbocycles. The quantitative estimate of drug-likeness (QED) is 0.571. The summed E-state index contributed by atoms with van der Waals surface area (Å²) >= 11 is 0. The molecule has 5 heteroatoms. The molecule has 4 N–H and O–H groups in total. The number of sulfone groups is 1. The van der Waals surface area contributed by atoms with E-state index >= 15 is 0 Å². The van der Waals surface area contributed by atoms with E-state index in [-0.39, 0.29) is 17.5 Å². The molecule has 4 nitrogen and oxygen atoms in total. The number of rotatable bonds is 3. The second-order valence-corrected chi connectivity index (χ2v) is 5.55. The maximum absolute atomic E-state index is 11.2. The molecule has 0 aliphatic heterocycles. The van der Waals surface area contributed by atoms with Crippen molar-refractivity contribution in [1.29, 1.82) is 0 Å². The van der Waals surface area contributed by atoms with Crippen molar-refractivity contribution in [3.63, 3.8) is 0 Å². The smallest absolute Gasteiger partial charge is 0.154 e. The number of nitrogens with two attached hydrogens (primary N) is 2. The molecule has 0 aromatic heterocycles. The molecule has 1 rings (SSSR count). The summed E-state index contributed by atoms with van der Waals surface area (Å²) in [4.78, 5) is 0. The molecule has 0 aromatic rings. The highest BCUT2D eigenvalue weighted by Gasteiger charge is 2.56. The van der Waals surface area contributed by atoms with Crippen LogP contribution in [0.25, 0.3) is 0 Å². The Hall–Kier alpha value is -0.130. The molecular formula is C6H14N2O2S. The zero-order valence-electron chi connectivity index (χ0n) is 6.58. The van der Waals surface area contributed by atoms with E-state index in [4.69, 9.17) is 11.5 Å². The van der Waals surface area contributed by atoms with Crippen LogP contribution in [-0.2, 0) is 9.84 Å². The van der Waals surface area contributed by atoms with Crippen LogP contribution in [0.5, 0.6) is 0 Å². The molecule has 0 aromatic carbocycles. The van der Waals surface area contributed by atoms with Crippen molar-refractivity contribution in [2.24, 2.45) is 11.5 Å². The van der Waals surface area contributed by atoms with Gasteiger partial charge in [0.05, 0.1) is 5.25 Å². The molecule has 0 spiro atoms. The Morgan fingerprint density at radius 2 is 2.18 bits per heavy atom. The molecule has 0 saturated heterocycles. The van der Waals surface area contributed by atoms with Gasteiger partial charge < -0.3 is 11.5 Å². The Bertz CT molecular complexity index is 249. The molecule has 2 atom stereocenters. The lowest BCUT2D eigenvalue weighted by Crippen LogP contribution is -2.38. The molecule has 0 bridgehead atoms. The lowest BCUT2D eigenvalue weighted by Gasteiger charge is -2.06. The van der Waals surface area contributed by atoms with Gasteiger partial charge >= 0.3 is 0 Å². The molecule has 66 valence electrons. The summed E-state index contributed by atoms with van der Waals surface area (Å²) in [6.45, 7) is 1.89. The van der Waals surface area contributed by atoms with Gasteiger partial charge in [0.2, 0.25) is 0 Å². The van der Waals surface area contributed by atoms with Crippen molar-refractivity contribution in [3.8, 4) is 0 Å². The van der Waals surface area contributed by atoms with Gasteiger partial charge in [-0.15, -0.1) is 0 Å². The molecule has 1 fully saturated rings. The van der Waals surface area contributed by atoms with Gasteiger partial charge in [-0.2, -0.15) is 0 Å². The third-order valence-electron chi connectivity index (χ3n) is 2.26. The van der Waals surface area contributed by atoms with Crippen molar-refractivity contribution >= 4 is 9.84 Å². The van der Waals surface area contributed by atoms with Crippen molar-refractivity contribution in [1.82, 2.24) is 0 Å². The minimum atomic E-state index is -2.95. The lowest BCUT2D eigenvalue weighted by molar-refractivity contribution is 0.587. The first kappa shape index (κ1) is 8.96. The molecule has 0 radical (unpaired) electrons. The monoisotopic (exact) mass is 178 g/mol. The third-order valence-corrected chi connectivity index (χ3v) is 4.57. The van der Waals surface area contributed by atoms with Gasteiger partial charge in [-0.25, -0.2) is 8.42 Å². The van der Waals surface area contributed by atoms with Gasteiger partial charge in [-0.1, -0.05) is 6.92 Å². The number of hydrogen-bond acceptors (Lipinski definition) is 4. The second-order valence-electron chi connectivity index (χ2n) is 3.08. The fourth-order valence-corrected chi connectivity index (χ4v) is 2.96. The van der Waals surface area contributed by atoms with E-state index in [1.165, 1.54) is 0 Å². The summed E-state index contributed by atoms with van der Waals surface area (Å²) in [7, 11) is -2.95. The predicted octanol–water partition coefficient (Wildman–Crippen LogP) is -1.15. The molecule has 0 unspecified atom stereocenters. The average Bonchev–Trinajstić information content (AvgIpc) is 2.65. The zero-order chi connectivity index (χ0) is 8.70. The van der Waals surface area contributed by atoms with Gasteiger partial charge in [-0.05, 0) is 6.42 Å². The molecular weight excluding hydrogens is 164 g/mol. The first-order valence-electron chi connectivity index (χ1n) is 3.67. The van der Waals surface area contributed by atoms with E-state index in [9.17, 15) is 8.42 Å². The Labute approximate surface area is 66.9 Å². The highest BCUT2D eigenvalue weighted by Crippen LogP contribution is 2.38. The molecule has 0 amide bonds. The van der Waals surface area contributed by atoms with Crippen LogP contribution in [0.2, 0.25) is 0 Å². The summed E-state index contributed by atoms with van der Waals surface area (Å²) in [5.41, 5.74) is 10.4. The fourth-order valence-electron chi connectivity index (χ4n) is 1.19. The van der Waals surface area contributed by atoms with Crippen LogP contribution < -0.4 is 11.5 Å². The minimum absolute atomic E-state index is 0.163. The molecule has 11 heavy (non-hydrogen) atoms. The van der Waals surface area contributed by atoms with Crippen molar-refractivity contribution in [2.45, 2.75) is 24.1 Å². The highest BCUT2D eigenvalue weighted by atomic mass is 32.2. The summed E-state index contributed by atoms with van der Waals surface area (Å²) in [6, 6.07) is 0. The topological polar surface area (TPSA) is 86.2 Å². The fraction of sp³-hybridized carbons (Fsp3) is 1.00. The molecule has 0 heterocycles. The first-order valence-corrected chi connectivity index (χ1v) is 5.38. The van der Waals surface area contributed by atoms with Crippen LogP contribution in [0.15, 0.2) is 0 Å². The van der Waals surface area contributed by atoms with Crippen LogP contribution in [0.1, 0.15) is 13.3 Å². The van der Waals surface area contributed by atoms with Gasteiger partial charge in [0.1, 0.15) is 0 Å². The molecule has 1 aliphatic carbocycles. The van der Waals surface area contributed by atoms with Crippen LogP contribution in [0.4, 0.5) is 0 Å². The van der Waals surface area contributed by atoms with E-state index < -0.39 is 15.4 Å². The van der Waals surface area contributed by atoms with Crippen molar-refractivity contribution < 1.29 is 8.42 Å².